The van der Waals surface area contributed by atoms with E-state index in [1.165, 1.54) is 0 Å². The maximum absolute atomic E-state index is 10.2. The standard InChI is InChI=1S/C12H23NO2/c1-2-5-12(15)9-13(10-12)8-11(14)6-3-4-7-11/h14-15H,2-10H2,1H3. The zero-order chi connectivity index (χ0) is 10.9. The van der Waals surface area contributed by atoms with Crippen molar-refractivity contribution in [1.29, 1.82) is 0 Å². The van der Waals surface area contributed by atoms with Crippen LogP contribution < -0.4 is 0 Å². The number of likely N-dealkylation sites (tertiary alicyclic amines) is 1. The highest BCUT2D eigenvalue weighted by molar-refractivity contribution is 4.99. The Labute approximate surface area is 92.1 Å². The molecular weight excluding hydrogens is 190 g/mol. The van der Waals surface area contributed by atoms with E-state index in [0.717, 1.165) is 58.2 Å². The first-order chi connectivity index (χ1) is 7.05. The first-order valence-electron chi connectivity index (χ1n) is 6.22. The zero-order valence-electron chi connectivity index (χ0n) is 9.71. The van der Waals surface area contributed by atoms with Crippen LogP contribution >= 0.6 is 0 Å². The minimum atomic E-state index is -0.455. The molecule has 0 amide bonds. The molecule has 2 fully saturated rings. The smallest absolute Gasteiger partial charge is 0.0900 e. The van der Waals surface area contributed by atoms with Crippen molar-refractivity contribution in [3.05, 3.63) is 0 Å². The summed E-state index contributed by atoms with van der Waals surface area (Å²) < 4.78 is 0. The molecule has 0 atom stereocenters. The van der Waals surface area contributed by atoms with Crippen molar-refractivity contribution in [3.8, 4) is 0 Å². The highest BCUT2D eigenvalue weighted by Crippen LogP contribution is 2.34. The fourth-order valence-electron chi connectivity index (χ4n) is 3.13. The Balaban J connectivity index is 1.75. The van der Waals surface area contributed by atoms with Crippen LogP contribution in [0.5, 0.6) is 0 Å². The predicted octanol–water partition coefficient (Wildman–Crippen LogP) is 1.14. The largest absolute Gasteiger partial charge is 0.389 e. The maximum atomic E-state index is 10.2. The van der Waals surface area contributed by atoms with Gasteiger partial charge in [-0.2, -0.15) is 0 Å². The normalized spacial score (nSPS) is 29.0. The number of nitrogens with zero attached hydrogens (tertiary/aromatic N) is 1. The van der Waals surface area contributed by atoms with Crippen molar-refractivity contribution in [2.45, 2.75) is 56.7 Å². The van der Waals surface area contributed by atoms with Gasteiger partial charge in [-0.15, -0.1) is 0 Å². The Morgan fingerprint density at radius 2 is 1.67 bits per heavy atom. The van der Waals surface area contributed by atoms with Crippen LogP contribution in [0.25, 0.3) is 0 Å². The second kappa shape index (κ2) is 4.04. The Kier molecular flexibility index (Phi) is 3.06. The summed E-state index contributed by atoms with van der Waals surface area (Å²) in [5.41, 5.74) is -0.905. The van der Waals surface area contributed by atoms with Gasteiger partial charge in [0.2, 0.25) is 0 Å². The van der Waals surface area contributed by atoms with E-state index in [9.17, 15) is 10.2 Å². The van der Waals surface area contributed by atoms with E-state index < -0.39 is 11.2 Å². The van der Waals surface area contributed by atoms with Crippen LogP contribution in [0.15, 0.2) is 0 Å². The molecule has 2 aliphatic rings. The third-order valence-electron chi connectivity index (χ3n) is 3.80. The molecule has 3 heteroatoms. The monoisotopic (exact) mass is 213 g/mol. The summed E-state index contributed by atoms with van der Waals surface area (Å²) in [5, 5.41) is 20.2. The van der Waals surface area contributed by atoms with Crippen molar-refractivity contribution >= 4 is 0 Å². The second-order valence-corrected chi connectivity index (χ2v) is 5.55. The lowest BCUT2D eigenvalue weighted by molar-refractivity contribution is -0.127. The van der Waals surface area contributed by atoms with Crippen LogP contribution in [0, 0.1) is 0 Å². The summed E-state index contributed by atoms with van der Waals surface area (Å²) in [6.07, 6.45) is 6.12. The summed E-state index contributed by atoms with van der Waals surface area (Å²) in [5.74, 6) is 0. The molecule has 0 unspecified atom stereocenters. The molecule has 1 aliphatic heterocycles. The molecule has 2 N–H and O–H groups in total. The van der Waals surface area contributed by atoms with Gasteiger partial charge < -0.3 is 10.2 Å². The molecule has 1 saturated carbocycles. The van der Waals surface area contributed by atoms with Gasteiger partial charge in [-0.05, 0) is 19.3 Å². The zero-order valence-corrected chi connectivity index (χ0v) is 9.71. The number of hydrogen-bond acceptors (Lipinski definition) is 3. The summed E-state index contributed by atoms with van der Waals surface area (Å²) in [7, 11) is 0. The fourth-order valence-corrected chi connectivity index (χ4v) is 3.13. The van der Waals surface area contributed by atoms with E-state index in [4.69, 9.17) is 0 Å². The molecule has 0 bridgehead atoms. The van der Waals surface area contributed by atoms with Crippen LogP contribution in [0.4, 0.5) is 0 Å². The van der Waals surface area contributed by atoms with Gasteiger partial charge in [0, 0.05) is 19.6 Å². The number of rotatable bonds is 4. The second-order valence-electron chi connectivity index (χ2n) is 5.55. The van der Waals surface area contributed by atoms with E-state index >= 15 is 0 Å². The molecule has 2 rings (SSSR count). The highest BCUT2D eigenvalue weighted by atomic mass is 16.3. The van der Waals surface area contributed by atoms with Crippen molar-refractivity contribution in [2.75, 3.05) is 19.6 Å². The Bertz CT molecular complexity index is 218. The van der Waals surface area contributed by atoms with Crippen molar-refractivity contribution in [3.63, 3.8) is 0 Å². The molecular formula is C12H23NO2. The summed E-state index contributed by atoms with van der Waals surface area (Å²) >= 11 is 0. The molecule has 0 aromatic rings. The molecule has 88 valence electrons. The van der Waals surface area contributed by atoms with Gasteiger partial charge in [0.05, 0.1) is 11.2 Å². The Morgan fingerprint density at radius 1 is 1.07 bits per heavy atom. The summed E-state index contributed by atoms with van der Waals surface area (Å²) in [6.45, 7) is 4.37. The van der Waals surface area contributed by atoms with Crippen molar-refractivity contribution in [1.82, 2.24) is 4.90 Å². The predicted molar refractivity (Wildman–Crippen MR) is 59.7 cm³/mol. The van der Waals surface area contributed by atoms with E-state index in [1.54, 1.807) is 0 Å². The van der Waals surface area contributed by atoms with Gasteiger partial charge in [-0.1, -0.05) is 26.2 Å². The van der Waals surface area contributed by atoms with E-state index in [-0.39, 0.29) is 0 Å². The number of hydrogen-bond donors (Lipinski definition) is 2. The average Bonchev–Trinajstić information content (AvgIpc) is 2.50. The van der Waals surface area contributed by atoms with Crippen LogP contribution in [0.2, 0.25) is 0 Å². The molecule has 1 aliphatic carbocycles. The molecule has 15 heavy (non-hydrogen) atoms. The first kappa shape index (κ1) is 11.4. The molecule has 3 nitrogen and oxygen atoms in total. The Hall–Kier alpha value is -0.120. The lowest BCUT2D eigenvalue weighted by Gasteiger charge is -2.48. The highest BCUT2D eigenvalue weighted by Gasteiger charge is 2.44. The minimum Gasteiger partial charge on any atom is -0.389 e. The van der Waals surface area contributed by atoms with Crippen molar-refractivity contribution < 1.29 is 10.2 Å². The summed E-state index contributed by atoms with van der Waals surface area (Å²) in [4.78, 5) is 2.20. The van der Waals surface area contributed by atoms with Gasteiger partial charge >= 0.3 is 0 Å². The lowest BCUT2D eigenvalue weighted by Crippen LogP contribution is -2.64. The van der Waals surface area contributed by atoms with Crippen LogP contribution in [-0.4, -0.2) is 45.9 Å². The quantitative estimate of drug-likeness (QED) is 0.736. The molecule has 0 aromatic carbocycles. The van der Waals surface area contributed by atoms with Gasteiger partial charge in [0.25, 0.3) is 0 Å². The topological polar surface area (TPSA) is 43.7 Å². The van der Waals surface area contributed by atoms with E-state index in [0.29, 0.717) is 0 Å². The Morgan fingerprint density at radius 3 is 2.20 bits per heavy atom. The third-order valence-corrected chi connectivity index (χ3v) is 3.80. The molecule has 0 aromatic heterocycles. The number of β-amino-alcohol motifs (C(OH)–C–C–N with tert-alkyl or cyclic N) is 2. The van der Waals surface area contributed by atoms with E-state index in [2.05, 4.69) is 11.8 Å². The molecule has 0 radical (unpaired) electrons. The van der Waals surface area contributed by atoms with Crippen molar-refractivity contribution in [2.24, 2.45) is 0 Å². The molecule has 1 heterocycles. The van der Waals surface area contributed by atoms with Gasteiger partial charge in [-0.25, -0.2) is 0 Å². The molecule has 0 spiro atoms. The van der Waals surface area contributed by atoms with Crippen LogP contribution in [0.1, 0.15) is 45.4 Å². The lowest BCUT2D eigenvalue weighted by atomic mass is 9.87. The third kappa shape index (κ3) is 2.52. The van der Waals surface area contributed by atoms with E-state index in [1.807, 2.05) is 0 Å². The summed E-state index contributed by atoms with van der Waals surface area (Å²) in [6, 6.07) is 0. The fraction of sp³-hybridized carbons (Fsp3) is 1.00. The average molecular weight is 213 g/mol. The number of aliphatic hydroxyl groups is 2. The SMILES string of the molecule is CCCC1(O)CN(CC2(O)CCCC2)C1. The maximum Gasteiger partial charge on any atom is 0.0900 e. The van der Waals surface area contributed by atoms with Gasteiger partial charge in [-0.3, -0.25) is 4.90 Å². The first-order valence-corrected chi connectivity index (χ1v) is 6.22. The van der Waals surface area contributed by atoms with Gasteiger partial charge in [0.1, 0.15) is 0 Å². The van der Waals surface area contributed by atoms with Gasteiger partial charge in [0.15, 0.2) is 0 Å². The van der Waals surface area contributed by atoms with Crippen LogP contribution in [0.3, 0.4) is 0 Å². The minimum absolute atomic E-state index is 0.451. The molecule has 1 saturated heterocycles. The van der Waals surface area contributed by atoms with Crippen LogP contribution in [-0.2, 0) is 0 Å².